The van der Waals surface area contributed by atoms with E-state index in [0.717, 1.165) is 17.7 Å². The first-order valence-electron chi connectivity index (χ1n) is 6.78. The average molecular weight is 345 g/mol. The summed E-state index contributed by atoms with van der Waals surface area (Å²) in [6.07, 6.45) is 0.769. The number of ether oxygens (including phenoxy) is 1. The van der Waals surface area contributed by atoms with Crippen LogP contribution >= 0.6 is 23.2 Å². The van der Waals surface area contributed by atoms with Crippen molar-refractivity contribution in [2.75, 3.05) is 20.8 Å². The molecular formula is C15H18Cl2N2O3. The summed E-state index contributed by atoms with van der Waals surface area (Å²) in [5.41, 5.74) is 2.06. The Kier molecular flexibility index (Phi) is 5.53. The van der Waals surface area contributed by atoms with Crippen molar-refractivity contribution >= 4 is 34.6 Å². The molecule has 0 N–H and O–H groups in total. The second kappa shape index (κ2) is 7.20. The van der Waals surface area contributed by atoms with Crippen molar-refractivity contribution in [1.29, 1.82) is 0 Å². The molecule has 1 unspecified atom stereocenters. The fourth-order valence-corrected chi connectivity index (χ4v) is 2.45. The number of nitrogens with zero attached hydrogens (tertiary/aromatic N) is 2. The van der Waals surface area contributed by atoms with Crippen molar-refractivity contribution in [3.63, 3.8) is 0 Å². The Morgan fingerprint density at radius 1 is 1.18 bits per heavy atom. The first-order valence-corrected chi connectivity index (χ1v) is 7.54. The van der Waals surface area contributed by atoms with Gasteiger partial charge < -0.3 is 14.4 Å². The smallest absolute Gasteiger partial charge is 0.134 e. The van der Waals surface area contributed by atoms with Gasteiger partial charge in [-0.15, -0.1) is 23.2 Å². The Labute approximate surface area is 139 Å². The number of halogens is 2. The summed E-state index contributed by atoms with van der Waals surface area (Å²) in [6.45, 7) is 2.30. The molecule has 0 aromatic heterocycles. The molecule has 0 spiro atoms. The molecule has 1 aliphatic carbocycles. The van der Waals surface area contributed by atoms with E-state index in [2.05, 4.69) is 10.3 Å². The maximum Gasteiger partial charge on any atom is 0.134 e. The summed E-state index contributed by atoms with van der Waals surface area (Å²) < 4.78 is 5.05. The Bertz CT molecular complexity index is 571. The maximum atomic E-state index is 5.97. The standard InChI is InChI=1S/C15H18Cl2N2O3/c1-10(18-20-2)14(19-21-3)11-4-6-13(7-5-11)22-9-12-8-15(12,16)17/h4-7,12H,8-9H2,1-3H3/b18-10+,19-14-. The Hall–Kier alpha value is -1.46. The van der Waals surface area contributed by atoms with Crippen LogP contribution in [0.15, 0.2) is 34.6 Å². The summed E-state index contributed by atoms with van der Waals surface area (Å²) in [4.78, 5) is 9.63. The fourth-order valence-electron chi connectivity index (χ4n) is 1.96. The van der Waals surface area contributed by atoms with E-state index in [0.29, 0.717) is 18.0 Å². The molecule has 1 saturated carbocycles. The lowest BCUT2D eigenvalue weighted by atomic mass is 10.1. The van der Waals surface area contributed by atoms with Crippen molar-refractivity contribution < 1.29 is 14.4 Å². The van der Waals surface area contributed by atoms with Gasteiger partial charge in [-0.25, -0.2) is 0 Å². The second-order valence-corrected chi connectivity index (χ2v) is 6.52. The number of benzene rings is 1. The molecule has 120 valence electrons. The van der Waals surface area contributed by atoms with Crippen molar-refractivity contribution in [3.05, 3.63) is 29.8 Å². The molecule has 5 nitrogen and oxygen atoms in total. The first-order chi connectivity index (χ1) is 10.5. The van der Waals surface area contributed by atoms with Gasteiger partial charge in [0, 0.05) is 11.5 Å². The first kappa shape index (κ1) is 16.9. The van der Waals surface area contributed by atoms with E-state index in [9.17, 15) is 0 Å². The van der Waals surface area contributed by atoms with Crippen LogP contribution in [0.1, 0.15) is 18.9 Å². The van der Waals surface area contributed by atoms with Crippen LogP contribution in [0.2, 0.25) is 0 Å². The van der Waals surface area contributed by atoms with E-state index in [1.807, 2.05) is 24.3 Å². The lowest BCUT2D eigenvalue weighted by Crippen LogP contribution is -2.13. The highest BCUT2D eigenvalue weighted by atomic mass is 35.5. The zero-order chi connectivity index (χ0) is 16.2. The van der Waals surface area contributed by atoms with Gasteiger partial charge in [0.25, 0.3) is 0 Å². The normalized spacial score (nSPS) is 20.5. The number of hydrogen-bond donors (Lipinski definition) is 0. The van der Waals surface area contributed by atoms with Gasteiger partial charge >= 0.3 is 0 Å². The quantitative estimate of drug-likeness (QED) is 0.431. The number of rotatable bonds is 7. The molecule has 0 heterocycles. The summed E-state index contributed by atoms with van der Waals surface area (Å²) in [7, 11) is 2.97. The molecule has 0 amide bonds. The Morgan fingerprint density at radius 3 is 2.27 bits per heavy atom. The van der Waals surface area contributed by atoms with Crippen LogP contribution in [0.5, 0.6) is 5.75 Å². The van der Waals surface area contributed by atoms with Crippen LogP contribution < -0.4 is 4.74 Å². The van der Waals surface area contributed by atoms with Gasteiger partial charge in [-0.3, -0.25) is 0 Å². The van der Waals surface area contributed by atoms with Gasteiger partial charge in [-0.1, -0.05) is 10.3 Å². The molecule has 22 heavy (non-hydrogen) atoms. The van der Waals surface area contributed by atoms with Crippen LogP contribution in [0.4, 0.5) is 0 Å². The lowest BCUT2D eigenvalue weighted by Gasteiger charge is -2.08. The maximum absolute atomic E-state index is 5.97. The highest BCUT2D eigenvalue weighted by molar-refractivity contribution is 6.50. The summed E-state index contributed by atoms with van der Waals surface area (Å²) in [6, 6.07) is 7.47. The molecule has 7 heteroatoms. The second-order valence-electron chi connectivity index (χ2n) is 4.98. The zero-order valence-electron chi connectivity index (χ0n) is 12.7. The molecule has 1 fully saturated rings. The predicted octanol–water partition coefficient (Wildman–Crippen LogP) is 3.63. The monoisotopic (exact) mass is 344 g/mol. The molecule has 0 saturated heterocycles. The minimum absolute atomic E-state index is 0.192. The highest BCUT2D eigenvalue weighted by Gasteiger charge is 2.52. The van der Waals surface area contributed by atoms with Crippen LogP contribution in [-0.4, -0.2) is 36.6 Å². The van der Waals surface area contributed by atoms with Crippen LogP contribution in [0, 0.1) is 5.92 Å². The fraction of sp³-hybridized carbons (Fsp3) is 0.467. The SMILES string of the molecule is CO/N=C(C)/C(=N/OC)c1ccc(OCC2CC2(Cl)Cl)cc1. The molecule has 0 aliphatic heterocycles. The molecule has 1 aromatic rings. The summed E-state index contributed by atoms with van der Waals surface area (Å²) >= 11 is 11.9. The van der Waals surface area contributed by atoms with E-state index in [1.54, 1.807) is 6.92 Å². The predicted molar refractivity (Wildman–Crippen MR) is 88.1 cm³/mol. The minimum Gasteiger partial charge on any atom is -0.493 e. The van der Waals surface area contributed by atoms with E-state index >= 15 is 0 Å². The average Bonchev–Trinajstić information content (AvgIpc) is 3.11. The van der Waals surface area contributed by atoms with Gasteiger partial charge in [0.2, 0.25) is 0 Å². The van der Waals surface area contributed by atoms with Crippen LogP contribution in [0.25, 0.3) is 0 Å². The van der Waals surface area contributed by atoms with Crippen molar-refractivity contribution in [3.8, 4) is 5.75 Å². The van der Waals surface area contributed by atoms with Crippen molar-refractivity contribution in [2.24, 2.45) is 16.2 Å². The van der Waals surface area contributed by atoms with Crippen LogP contribution in [0.3, 0.4) is 0 Å². The van der Waals surface area contributed by atoms with E-state index in [1.165, 1.54) is 14.2 Å². The third kappa shape index (κ3) is 4.27. The Balaban J connectivity index is 2.03. The number of alkyl halides is 2. The molecule has 1 atom stereocenters. The number of oxime groups is 2. The van der Waals surface area contributed by atoms with E-state index < -0.39 is 4.33 Å². The third-order valence-electron chi connectivity index (χ3n) is 3.29. The van der Waals surface area contributed by atoms with Gasteiger partial charge in [0.1, 0.15) is 35.7 Å². The van der Waals surface area contributed by atoms with Crippen LogP contribution in [-0.2, 0) is 9.68 Å². The van der Waals surface area contributed by atoms with Crippen molar-refractivity contribution in [1.82, 2.24) is 0 Å². The molecule has 2 rings (SSSR count). The van der Waals surface area contributed by atoms with Crippen molar-refractivity contribution in [2.45, 2.75) is 17.7 Å². The molecule has 1 aromatic carbocycles. The molecule has 0 radical (unpaired) electrons. The summed E-state index contributed by atoms with van der Waals surface area (Å²) in [5.74, 6) is 0.940. The van der Waals surface area contributed by atoms with Gasteiger partial charge in [-0.05, 0) is 37.6 Å². The largest absolute Gasteiger partial charge is 0.493 e. The molecular weight excluding hydrogens is 327 g/mol. The van der Waals surface area contributed by atoms with E-state index in [-0.39, 0.29) is 5.92 Å². The molecule has 0 bridgehead atoms. The number of hydrogen-bond acceptors (Lipinski definition) is 5. The lowest BCUT2D eigenvalue weighted by molar-refractivity contribution is 0.210. The Morgan fingerprint density at radius 2 is 1.77 bits per heavy atom. The minimum atomic E-state index is -0.619. The van der Waals surface area contributed by atoms with Gasteiger partial charge in [0.05, 0.1) is 6.61 Å². The van der Waals surface area contributed by atoms with Gasteiger partial charge in [-0.2, -0.15) is 0 Å². The highest BCUT2D eigenvalue weighted by Crippen LogP contribution is 2.53. The topological polar surface area (TPSA) is 52.4 Å². The zero-order valence-corrected chi connectivity index (χ0v) is 14.2. The summed E-state index contributed by atoms with van der Waals surface area (Å²) in [5, 5.41) is 7.85. The van der Waals surface area contributed by atoms with E-state index in [4.69, 9.17) is 37.6 Å². The molecule has 1 aliphatic rings. The third-order valence-corrected chi connectivity index (χ3v) is 4.21. The van der Waals surface area contributed by atoms with Gasteiger partial charge in [0.15, 0.2) is 0 Å².